The molecule has 0 unspecified atom stereocenters. The highest BCUT2D eigenvalue weighted by molar-refractivity contribution is 9.10. The summed E-state index contributed by atoms with van der Waals surface area (Å²) in [4.78, 5) is 27.6. The summed E-state index contributed by atoms with van der Waals surface area (Å²) in [6.45, 7) is 3.39. The van der Waals surface area contributed by atoms with Gasteiger partial charge in [0.1, 0.15) is 12.6 Å². The molecule has 0 radical (unpaired) electrons. The van der Waals surface area contributed by atoms with Gasteiger partial charge in [-0.2, -0.15) is 0 Å². The molecule has 0 aliphatic rings. The maximum Gasteiger partial charge on any atom is 0.244 e. The molecule has 0 saturated heterocycles. The highest BCUT2D eigenvalue weighted by atomic mass is 79.9. The summed E-state index contributed by atoms with van der Waals surface area (Å²) in [5, 5.41) is 3.42. The molecule has 33 heavy (non-hydrogen) atoms. The average Bonchev–Trinajstić information content (AvgIpc) is 2.73. The Balaban J connectivity index is 2.49. The van der Waals surface area contributed by atoms with Crippen LogP contribution in [0.25, 0.3) is 0 Å². The quantitative estimate of drug-likeness (QED) is 0.451. The summed E-state index contributed by atoms with van der Waals surface area (Å²) in [7, 11) is -3.80. The number of rotatable bonds is 10. The lowest BCUT2D eigenvalue weighted by Gasteiger charge is -2.33. The topological polar surface area (TPSA) is 86.8 Å². The van der Waals surface area contributed by atoms with Gasteiger partial charge in [-0.05, 0) is 43.7 Å². The van der Waals surface area contributed by atoms with Gasteiger partial charge in [-0.3, -0.25) is 13.9 Å². The third-order valence-electron chi connectivity index (χ3n) is 4.90. The Bertz CT molecular complexity index is 1090. The van der Waals surface area contributed by atoms with Crippen molar-refractivity contribution in [2.24, 2.45) is 0 Å². The molecule has 1 atom stereocenters. The number of amides is 2. The molecule has 0 bridgehead atoms. The fourth-order valence-corrected chi connectivity index (χ4v) is 5.06. The first kappa shape index (κ1) is 27.4. The second kappa shape index (κ2) is 12.1. The second-order valence-electron chi connectivity index (χ2n) is 7.29. The normalized spacial score (nSPS) is 12.2. The van der Waals surface area contributed by atoms with E-state index in [-0.39, 0.29) is 12.5 Å². The van der Waals surface area contributed by atoms with Crippen molar-refractivity contribution in [2.45, 2.75) is 32.9 Å². The standard InChI is InChI=1S/C22H26BrCl2N3O4S/c1-4-20(22(30)26-5-2)27(13-17-18(24)10-7-11-19(17)25)21(29)14-28(33(3,31)32)16-9-6-8-15(23)12-16/h6-12,20H,4-5,13-14H2,1-3H3,(H,26,30)/t20-/m1/s1. The minimum absolute atomic E-state index is 0.0525. The number of carbonyl (C=O) groups is 2. The molecule has 2 aromatic rings. The van der Waals surface area contributed by atoms with Crippen LogP contribution in [-0.2, 0) is 26.2 Å². The van der Waals surface area contributed by atoms with E-state index < -0.39 is 28.5 Å². The molecule has 2 aromatic carbocycles. The Labute approximate surface area is 213 Å². The van der Waals surface area contributed by atoms with Crippen LogP contribution in [0.4, 0.5) is 5.69 Å². The van der Waals surface area contributed by atoms with Gasteiger partial charge in [0.05, 0.1) is 11.9 Å². The number of carbonyl (C=O) groups excluding carboxylic acids is 2. The van der Waals surface area contributed by atoms with Crippen LogP contribution in [-0.4, -0.2) is 50.5 Å². The van der Waals surface area contributed by atoms with E-state index >= 15 is 0 Å². The van der Waals surface area contributed by atoms with E-state index in [0.29, 0.717) is 38.7 Å². The number of sulfonamides is 1. The van der Waals surface area contributed by atoms with Crippen molar-refractivity contribution in [3.8, 4) is 0 Å². The minimum Gasteiger partial charge on any atom is -0.355 e. The van der Waals surface area contributed by atoms with Crippen LogP contribution in [0.15, 0.2) is 46.9 Å². The molecule has 0 aromatic heterocycles. The van der Waals surface area contributed by atoms with Crippen LogP contribution in [0.1, 0.15) is 25.8 Å². The summed E-state index contributed by atoms with van der Waals surface area (Å²) < 4.78 is 26.8. The van der Waals surface area contributed by atoms with Crippen molar-refractivity contribution in [3.63, 3.8) is 0 Å². The first-order chi connectivity index (χ1) is 15.5. The second-order valence-corrected chi connectivity index (χ2v) is 10.9. The molecule has 2 amide bonds. The first-order valence-corrected chi connectivity index (χ1v) is 13.6. The smallest absolute Gasteiger partial charge is 0.244 e. The average molecular weight is 579 g/mol. The number of benzene rings is 2. The van der Waals surface area contributed by atoms with Gasteiger partial charge in [0.2, 0.25) is 21.8 Å². The van der Waals surface area contributed by atoms with Gasteiger partial charge in [0, 0.05) is 33.2 Å². The van der Waals surface area contributed by atoms with E-state index in [2.05, 4.69) is 21.2 Å². The monoisotopic (exact) mass is 577 g/mol. The van der Waals surface area contributed by atoms with E-state index in [9.17, 15) is 18.0 Å². The van der Waals surface area contributed by atoms with Crippen molar-refractivity contribution in [2.75, 3.05) is 23.7 Å². The number of hydrogen-bond donors (Lipinski definition) is 1. The lowest BCUT2D eigenvalue weighted by atomic mass is 10.1. The summed E-state index contributed by atoms with van der Waals surface area (Å²) >= 11 is 16.0. The van der Waals surface area contributed by atoms with Crippen LogP contribution in [0, 0.1) is 0 Å². The van der Waals surface area contributed by atoms with Gasteiger partial charge in [0.15, 0.2) is 0 Å². The van der Waals surface area contributed by atoms with Gasteiger partial charge in [0.25, 0.3) is 0 Å². The lowest BCUT2D eigenvalue weighted by Crippen LogP contribution is -2.52. The zero-order chi connectivity index (χ0) is 24.8. The fraction of sp³-hybridized carbons (Fsp3) is 0.364. The Kier molecular flexibility index (Phi) is 10.0. The summed E-state index contributed by atoms with van der Waals surface area (Å²) in [5.74, 6) is -0.903. The molecular formula is C22H26BrCl2N3O4S. The third-order valence-corrected chi connectivity index (χ3v) is 7.24. The Morgan fingerprint density at radius 1 is 1.09 bits per heavy atom. The van der Waals surface area contributed by atoms with E-state index in [0.717, 1.165) is 10.6 Å². The van der Waals surface area contributed by atoms with Crippen LogP contribution < -0.4 is 9.62 Å². The molecule has 0 aliphatic heterocycles. The van der Waals surface area contributed by atoms with Gasteiger partial charge >= 0.3 is 0 Å². The van der Waals surface area contributed by atoms with Crippen LogP contribution >= 0.6 is 39.1 Å². The zero-order valence-corrected chi connectivity index (χ0v) is 22.4. The molecular weight excluding hydrogens is 553 g/mol. The van der Waals surface area contributed by atoms with Gasteiger partial charge in [-0.1, -0.05) is 58.2 Å². The molecule has 0 heterocycles. The molecule has 0 fully saturated rings. The molecule has 0 saturated carbocycles. The van der Waals surface area contributed by atoms with E-state index in [4.69, 9.17) is 23.2 Å². The van der Waals surface area contributed by atoms with E-state index in [1.54, 1.807) is 56.3 Å². The van der Waals surface area contributed by atoms with Gasteiger partial charge in [-0.15, -0.1) is 0 Å². The number of nitrogens with zero attached hydrogens (tertiary/aromatic N) is 2. The largest absolute Gasteiger partial charge is 0.355 e. The van der Waals surface area contributed by atoms with Gasteiger partial charge < -0.3 is 10.2 Å². The van der Waals surface area contributed by atoms with E-state index in [1.807, 2.05) is 0 Å². The zero-order valence-electron chi connectivity index (χ0n) is 18.5. The Morgan fingerprint density at radius 3 is 2.21 bits per heavy atom. The van der Waals surface area contributed by atoms with Crippen molar-refractivity contribution in [3.05, 3.63) is 62.5 Å². The maximum atomic E-state index is 13.5. The number of nitrogens with one attached hydrogen (secondary N) is 1. The maximum absolute atomic E-state index is 13.5. The predicted octanol–water partition coefficient (Wildman–Crippen LogP) is 4.47. The number of halogens is 3. The van der Waals surface area contributed by atoms with Crippen molar-refractivity contribution < 1.29 is 18.0 Å². The van der Waals surface area contributed by atoms with Crippen LogP contribution in [0.5, 0.6) is 0 Å². The van der Waals surface area contributed by atoms with Crippen molar-refractivity contribution in [1.29, 1.82) is 0 Å². The molecule has 0 aliphatic carbocycles. The number of likely N-dealkylation sites (N-methyl/N-ethyl adjacent to an activating group) is 1. The van der Waals surface area contributed by atoms with Gasteiger partial charge in [-0.25, -0.2) is 8.42 Å². The predicted molar refractivity (Wildman–Crippen MR) is 136 cm³/mol. The Morgan fingerprint density at radius 2 is 1.70 bits per heavy atom. The molecule has 11 heteroatoms. The minimum atomic E-state index is -3.80. The summed E-state index contributed by atoms with van der Waals surface area (Å²) in [6.07, 6.45) is 1.34. The highest BCUT2D eigenvalue weighted by Crippen LogP contribution is 2.28. The summed E-state index contributed by atoms with van der Waals surface area (Å²) in [5.41, 5.74) is 0.798. The molecule has 7 nitrogen and oxygen atoms in total. The SMILES string of the molecule is CCNC(=O)[C@@H](CC)N(Cc1c(Cl)cccc1Cl)C(=O)CN(c1cccc(Br)c1)S(C)(=O)=O. The summed E-state index contributed by atoms with van der Waals surface area (Å²) in [6, 6.07) is 10.7. The van der Waals surface area contributed by atoms with Crippen molar-refractivity contribution in [1.82, 2.24) is 10.2 Å². The fourth-order valence-electron chi connectivity index (χ4n) is 3.31. The highest BCUT2D eigenvalue weighted by Gasteiger charge is 2.32. The molecule has 1 N–H and O–H groups in total. The van der Waals surface area contributed by atoms with Crippen molar-refractivity contribution >= 4 is 66.7 Å². The molecule has 180 valence electrons. The Hall–Kier alpha value is -1.81. The molecule has 0 spiro atoms. The number of hydrogen-bond acceptors (Lipinski definition) is 4. The molecule has 2 rings (SSSR count). The number of anilines is 1. The third kappa shape index (κ3) is 7.34. The van der Waals surface area contributed by atoms with Crippen LogP contribution in [0.2, 0.25) is 10.0 Å². The first-order valence-electron chi connectivity index (χ1n) is 10.2. The lowest BCUT2D eigenvalue weighted by molar-refractivity contribution is -0.140. The van der Waals surface area contributed by atoms with Crippen LogP contribution in [0.3, 0.4) is 0 Å². The van der Waals surface area contributed by atoms with E-state index in [1.165, 1.54) is 4.90 Å².